The molecule has 0 unspecified atom stereocenters. The summed E-state index contributed by atoms with van der Waals surface area (Å²) >= 11 is 9.43. The molecule has 0 fully saturated rings. The highest BCUT2D eigenvalue weighted by Gasteiger charge is 2.01. The summed E-state index contributed by atoms with van der Waals surface area (Å²) in [5.41, 5.74) is 3.55. The molecule has 0 atom stereocenters. The molecule has 0 aliphatic carbocycles. The van der Waals surface area contributed by atoms with Crippen molar-refractivity contribution in [3.05, 3.63) is 63.1 Å². The van der Waals surface area contributed by atoms with Crippen molar-refractivity contribution in [3.8, 4) is 0 Å². The molecular weight excluding hydrogens is 298 g/mol. The molecule has 0 aliphatic heterocycles. The summed E-state index contributed by atoms with van der Waals surface area (Å²) in [6.07, 6.45) is 0. The molecule has 3 heteroatoms. The van der Waals surface area contributed by atoms with E-state index in [2.05, 4.69) is 40.3 Å². The van der Waals surface area contributed by atoms with Crippen LogP contribution in [0.4, 0.5) is 5.69 Å². The predicted octanol–water partition coefficient (Wildman–Crippen LogP) is 5.02. The van der Waals surface area contributed by atoms with Gasteiger partial charge in [0.25, 0.3) is 0 Å². The number of benzene rings is 2. The molecular formula is C14H13BrClN. The fourth-order valence-electron chi connectivity index (χ4n) is 1.58. The minimum atomic E-state index is 0.769. The van der Waals surface area contributed by atoms with Crippen LogP contribution in [-0.4, -0.2) is 0 Å². The van der Waals surface area contributed by atoms with E-state index in [0.29, 0.717) is 0 Å². The van der Waals surface area contributed by atoms with Crippen molar-refractivity contribution in [3.63, 3.8) is 0 Å². The van der Waals surface area contributed by atoms with Crippen molar-refractivity contribution >= 4 is 33.2 Å². The molecule has 1 N–H and O–H groups in total. The zero-order valence-electron chi connectivity index (χ0n) is 9.50. The van der Waals surface area contributed by atoms with Gasteiger partial charge in [-0.15, -0.1) is 0 Å². The first-order valence-corrected chi connectivity index (χ1v) is 6.57. The van der Waals surface area contributed by atoms with E-state index in [4.69, 9.17) is 11.6 Å². The maximum absolute atomic E-state index is 5.85. The van der Waals surface area contributed by atoms with Crippen LogP contribution in [0.2, 0.25) is 5.02 Å². The van der Waals surface area contributed by atoms with Gasteiger partial charge in [-0.1, -0.05) is 35.9 Å². The summed E-state index contributed by atoms with van der Waals surface area (Å²) in [4.78, 5) is 0. The van der Waals surface area contributed by atoms with Gasteiger partial charge >= 0.3 is 0 Å². The Kier molecular flexibility index (Phi) is 4.08. The highest BCUT2D eigenvalue weighted by Crippen LogP contribution is 2.26. The van der Waals surface area contributed by atoms with Gasteiger partial charge in [-0.3, -0.25) is 0 Å². The molecule has 2 rings (SSSR count). The Labute approximate surface area is 115 Å². The van der Waals surface area contributed by atoms with Crippen molar-refractivity contribution in [2.75, 3.05) is 5.32 Å². The van der Waals surface area contributed by atoms with E-state index in [0.717, 1.165) is 21.7 Å². The maximum Gasteiger partial charge on any atom is 0.0490 e. The van der Waals surface area contributed by atoms with Gasteiger partial charge in [0.2, 0.25) is 0 Å². The second-order valence-electron chi connectivity index (χ2n) is 3.92. The van der Waals surface area contributed by atoms with Crippen LogP contribution >= 0.6 is 27.5 Å². The smallest absolute Gasteiger partial charge is 0.0490 e. The Hall–Kier alpha value is -0.990. The molecule has 17 heavy (non-hydrogen) atoms. The quantitative estimate of drug-likeness (QED) is 0.839. The normalized spacial score (nSPS) is 10.3. The molecule has 1 nitrogen and oxygen atoms in total. The van der Waals surface area contributed by atoms with Crippen molar-refractivity contribution in [2.24, 2.45) is 0 Å². The van der Waals surface area contributed by atoms with Crippen LogP contribution in [0.1, 0.15) is 11.1 Å². The van der Waals surface area contributed by atoms with E-state index >= 15 is 0 Å². The summed E-state index contributed by atoms with van der Waals surface area (Å²) in [6, 6.07) is 14.1. The third-order valence-corrected chi connectivity index (χ3v) is 3.89. The van der Waals surface area contributed by atoms with Gasteiger partial charge in [-0.25, -0.2) is 0 Å². The van der Waals surface area contributed by atoms with Gasteiger partial charge in [-0.2, -0.15) is 0 Å². The molecule has 0 bridgehead atoms. The van der Waals surface area contributed by atoms with Crippen LogP contribution < -0.4 is 5.32 Å². The molecule has 0 saturated carbocycles. The fourth-order valence-corrected chi connectivity index (χ4v) is 2.11. The largest absolute Gasteiger partial charge is 0.380 e. The zero-order valence-corrected chi connectivity index (χ0v) is 11.8. The van der Waals surface area contributed by atoms with E-state index in [1.165, 1.54) is 11.1 Å². The lowest BCUT2D eigenvalue weighted by Crippen LogP contribution is -2.00. The van der Waals surface area contributed by atoms with E-state index in [1.807, 2.05) is 30.3 Å². The van der Waals surface area contributed by atoms with E-state index < -0.39 is 0 Å². The molecule has 2 aromatic carbocycles. The monoisotopic (exact) mass is 309 g/mol. The number of nitrogens with one attached hydrogen (secondary N) is 1. The van der Waals surface area contributed by atoms with Crippen molar-refractivity contribution < 1.29 is 0 Å². The minimum absolute atomic E-state index is 0.769. The summed E-state index contributed by atoms with van der Waals surface area (Å²) in [6.45, 7) is 2.87. The lowest BCUT2D eigenvalue weighted by atomic mass is 10.2. The number of aryl methyl sites for hydroxylation is 1. The minimum Gasteiger partial charge on any atom is -0.380 e. The van der Waals surface area contributed by atoms with Crippen LogP contribution in [0.5, 0.6) is 0 Å². The predicted molar refractivity (Wildman–Crippen MR) is 77.7 cm³/mol. The van der Waals surface area contributed by atoms with E-state index in [-0.39, 0.29) is 0 Å². The third kappa shape index (κ3) is 3.24. The van der Waals surface area contributed by atoms with Crippen LogP contribution in [0, 0.1) is 6.92 Å². The van der Waals surface area contributed by atoms with Gasteiger partial charge in [0, 0.05) is 21.7 Å². The lowest BCUT2D eigenvalue weighted by Gasteiger charge is -2.10. The average molecular weight is 311 g/mol. The molecule has 0 saturated heterocycles. The number of anilines is 1. The van der Waals surface area contributed by atoms with Gasteiger partial charge in [0.15, 0.2) is 0 Å². The van der Waals surface area contributed by atoms with Gasteiger partial charge in [0.1, 0.15) is 0 Å². The third-order valence-electron chi connectivity index (χ3n) is 2.59. The standard InChI is InChI=1S/C14H13BrClN/c1-10-3-2-4-13(14(10)15)17-9-11-5-7-12(16)8-6-11/h2-8,17H,9H2,1H3. The fraction of sp³-hybridized carbons (Fsp3) is 0.143. The summed E-state index contributed by atoms with van der Waals surface area (Å²) in [7, 11) is 0. The van der Waals surface area contributed by atoms with Crippen LogP contribution in [0.25, 0.3) is 0 Å². The Morgan fingerprint density at radius 2 is 1.82 bits per heavy atom. The second-order valence-corrected chi connectivity index (χ2v) is 5.15. The lowest BCUT2D eigenvalue weighted by molar-refractivity contribution is 1.14. The highest BCUT2D eigenvalue weighted by molar-refractivity contribution is 9.10. The second kappa shape index (κ2) is 5.56. The topological polar surface area (TPSA) is 12.0 Å². The molecule has 0 aliphatic rings. The number of hydrogen-bond donors (Lipinski definition) is 1. The molecule has 2 aromatic rings. The average Bonchev–Trinajstić information content (AvgIpc) is 2.33. The first-order chi connectivity index (χ1) is 8.16. The van der Waals surface area contributed by atoms with Crippen LogP contribution in [0.15, 0.2) is 46.9 Å². The first-order valence-electron chi connectivity index (χ1n) is 5.40. The molecule has 0 amide bonds. The highest BCUT2D eigenvalue weighted by atomic mass is 79.9. The SMILES string of the molecule is Cc1cccc(NCc2ccc(Cl)cc2)c1Br. The Morgan fingerprint density at radius 3 is 2.53 bits per heavy atom. The van der Waals surface area contributed by atoms with Crippen LogP contribution in [-0.2, 0) is 6.54 Å². The molecule has 88 valence electrons. The molecule has 0 heterocycles. The molecule has 0 spiro atoms. The summed E-state index contributed by atoms with van der Waals surface area (Å²) in [5, 5.41) is 4.17. The van der Waals surface area contributed by atoms with Gasteiger partial charge in [0.05, 0.1) is 0 Å². The van der Waals surface area contributed by atoms with Crippen molar-refractivity contribution in [1.29, 1.82) is 0 Å². The molecule has 0 aromatic heterocycles. The summed E-state index contributed by atoms with van der Waals surface area (Å²) in [5.74, 6) is 0. The van der Waals surface area contributed by atoms with Gasteiger partial charge in [-0.05, 0) is 52.2 Å². The Bertz CT molecular complexity index is 508. The van der Waals surface area contributed by atoms with Crippen molar-refractivity contribution in [1.82, 2.24) is 0 Å². The maximum atomic E-state index is 5.85. The Balaban J connectivity index is 2.07. The van der Waals surface area contributed by atoms with Gasteiger partial charge < -0.3 is 5.32 Å². The summed E-state index contributed by atoms with van der Waals surface area (Å²) < 4.78 is 1.12. The van der Waals surface area contributed by atoms with E-state index in [1.54, 1.807) is 0 Å². The number of halogens is 2. The Morgan fingerprint density at radius 1 is 1.12 bits per heavy atom. The zero-order chi connectivity index (χ0) is 12.3. The van der Waals surface area contributed by atoms with Crippen molar-refractivity contribution in [2.45, 2.75) is 13.5 Å². The first kappa shape index (κ1) is 12.5. The van der Waals surface area contributed by atoms with E-state index in [9.17, 15) is 0 Å². The van der Waals surface area contributed by atoms with Crippen LogP contribution in [0.3, 0.4) is 0 Å². The number of rotatable bonds is 3. The number of hydrogen-bond acceptors (Lipinski definition) is 1. The molecule has 0 radical (unpaired) electrons.